The molecule has 3 aromatic rings. The number of hydrogen-bond donors (Lipinski definition) is 2. The summed E-state index contributed by atoms with van der Waals surface area (Å²) >= 11 is 0. The summed E-state index contributed by atoms with van der Waals surface area (Å²) in [6.07, 6.45) is 1.20. The van der Waals surface area contributed by atoms with Crippen molar-refractivity contribution >= 4 is 28.2 Å². The molecule has 26 heavy (non-hydrogen) atoms. The molecule has 0 saturated carbocycles. The number of benzene rings is 2. The van der Waals surface area contributed by atoms with Gasteiger partial charge in [0.15, 0.2) is 0 Å². The second-order valence-electron chi connectivity index (χ2n) is 6.92. The van der Waals surface area contributed by atoms with Crippen LogP contribution in [0.25, 0.3) is 10.9 Å². The van der Waals surface area contributed by atoms with Crippen molar-refractivity contribution in [3.63, 3.8) is 0 Å². The van der Waals surface area contributed by atoms with Crippen molar-refractivity contribution in [1.29, 1.82) is 0 Å². The normalized spacial score (nSPS) is 19.3. The molecule has 1 saturated heterocycles. The van der Waals surface area contributed by atoms with E-state index in [1.54, 1.807) is 4.90 Å². The van der Waals surface area contributed by atoms with Gasteiger partial charge in [-0.25, -0.2) is 0 Å². The van der Waals surface area contributed by atoms with Crippen molar-refractivity contribution in [2.45, 2.75) is 25.4 Å². The first-order valence-electron chi connectivity index (χ1n) is 8.93. The molecule has 1 amide bonds. The number of fused-ring (bicyclic) bond motifs is 2. The molecule has 5 nitrogen and oxygen atoms in total. The van der Waals surface area contributed by atoms with Gasteiger partial charge >= 0.3 is 0 Å². The summed E-state index contributed by atoms with van der Waals surface area (Å²) in [6, 6.07) is 16.2. The van der Waals surface area contributed by atoms with Crippen LogP contribution in [0.15, 0.2) is 53.5 Å². The van der Waals surface area contributed by atoms with E-state index in [1.165, 1.54) is 0 Å². The van der Waals surface area contributed by atoms with Crippen molar-refractivity contribution in [2.75, 3.05) is 11.5 Å². The number of rotatable bonds is 3. The number of para-hydroxylation sites is 1. The molecule has 5 heteroatoms. The number of H-pyrrole nitrogens is 1. The molecule has 1 fully saturated rings. The Balaban J connectivity index is 1.57. The number of aliphatic hydroxyl groups excluding tert-OH is 1. The van der Waals surface area contributed by atoms with Gasteiger partial charge in [-0.05, 0) is 36.2 Å². The molecule has 2 aliphatic rings. The zero-order valence-corrected chi connectivity index (χ0v) is 14.3. The largest absolute Gasteiger partial charge is 0.394 e. The second kappa shape index (κ2) is 5.81. The van der Waals surface area contributed by atoms with E-state index in [2.05, 4.69) is 23.2 Å². The Morgan fingerprint density at radius 1 is 1.19 bits per heavy atom. The Hall–Kier alpha value is -2.92. The van der Waals surface area contributed by atoms with E-state index < -0.39 is 0 Å². The van der Waals surface area contributed by atoms with E-state index in [-0.39, 0.29) is 18.6 Å². The Morgan fingerprint density at radius 2 is 2.08 bits per heavy atom. The molecule has 0 unspecified atom stereocenters. The average molecular weight is 345 g/mol. The molecule has 0 radical (unpaired) electrons. The Bertz CT molecular complexity index is 1020. The minimum Gasteiger partial charge on any atom is -0.394 e. The Labute approximate surface area is 151 Å². The fraction of sp³-hybridized carbons (Fsp3) is 0.238. The van der Waals surface area contributed by atoms with Gasteiger partial charge in [-0.3, -0.25) is 9.79 Å². The Morgan fingerprint density at radius 3 is 2.92 bits per heavy atom. The highest BCUT2D eigenvalue weighted by Crippen LogP contribution is 2.32. The number of carbonyl (C=O) groups is 1. The van der Waals surface area contributed by atoms with E-state index in [1.807, 2.05) is 30.3 Å². The van der Waals surface area contributed by atoms with E-state index in [0.717, 1.165) is 39.1 Å². The van der Waals surface area contributed by atoms with Crippen LogP contribution < -0.4 is 4.90 Å². The monoisotopic (exact) mass is 345 g/mol. The quantitative estimate of drug-likeness (QED) is 0.766. The van der Waals surface area contributed by atoms with Crippen molar-refractivity contribution in [2.24, 2.45) is 4.99 Å². The smallest absolute Gasteiger partial charge is 0.227 e. The Kier molecular flexibility index (Phi) is 3.43. The van der Waals surface area contributed by atoms with Gasteiger partial charge in [-0.15, -0.1) is 0 Å². The standard InChI is InChI=1S/C21H19N3O2/c25-12-16-7-8-20(26)24(16)15-6-5-14-11-22-21(17(14)10-15)19-9-13-3-1-2-4-18(13)23-19/h1-6,9-10,16,23,25H,7-8,11-12H2/t16-/m0/s1. The molecule has 2 aliphatic heterocycles. The van der Waals surface area contributed by atoms with Crippen molar-refractivity contribution < 1.29 is 9.90 Å². The first-order chi connectivity index (χ1) is 12.7. The third-order valence-electron chi connectivity index (χ3n) is 5.36. The summed E-state index contributed by atoms with van der Waals surface area (Å²) in [5.41, 5.74) is 6.08. The van der Waals surface area contributed by atoms with Crippen LogP contribution >= 0.6 is 0 Å². The lowest BCUT2D eigenvalue weighted by atomic mass is 10.0. The van der Waals surface area contributed by atoms with Crippen molar-refractivity contribution in [3.05, 3.63) is 65.4 Å². The second-order valence-corrected chi connectivity index (χ2v) is 6.92. The number of anilines is 1. The lowest BCUT2D eigenvalue weighted by molar-refractivity contribution is -0.117. The summed E-state index contributed by atoms with van der Waals surface area (Å²) in [6.45, 7) is 0.642. The zero-order chi connectivity index (χ0) is 17.7. The van der Waals surface area contributed by atoms with Crippen LogP contribution in [0, 0.1) is 0 Å². The van der Waals surface area contributed by atoms with Crippen LogP contribution in [-0.2, 0) is 11.3 Å². The van der Waals surface area contributed by atoms with E-state index in [4.69, 9.17) is 4.99 Å². The van der Waals surface area contributed by atoms with E-state index in [9.17, 15) is 9.90 Å². The number of nitrogens with one attached hydrogen (secondary N) is 1. The average Bonchev–Trinajstić information content (AvgIpc) is 3.36. The highest BCUT2D eigenvalue weighted by Gasteiger charge is 2.32. The summed E-state index contributed by atoms with van der Waals surface area (Å²) in [5, 5.41) is 10.8. The predicted molar refractivity (Wildman–Crippen MR) is 102 cm³/mol. The molecule has 2 N–H and O–H groups in total. The van der Waals surface area contributed by atoms with Gasteiger partial charge in [-0.2, -0.15) is 0 Å². The van der Waals surface area contributed by atoms with E-state index in [0.29, 0.717) is 19.4 Å². The van der Waals surface area contributed by atoms with Gasteiger partial charge in [0.1, 0.15) is 0 Å². The third-order valence-corrected chi connectivity index (χ3v) is 5.36. The maximum atomic E-state index is 12.3. The van der Waals surface area contributed by atoms with Crippen LogP contribution in [0.3, 0.4) is 0 Å². The SMILES string of the molecule is O=C1CC[C@@H](CO)N1c1ccc2c(c1)C(c1cc3ccccc3[nH]1)=NC2. The van der Waals surface area contributed by atoms with Gasteiger partial charge in [0.2, 0.25) is 5.91 Å². The minimum atomic E-state index is -0.129. The van der Waals surface area contributed by atoms with Gasteiger partial charge in [0.05, 0.1) is 30.6 Å². The number of aromatic nitrogens is 1. The number of aromatic amines is 1. The lowest BCUT2D eigenvalue weighted by Crippen LogP contribution is -2.35. The molecule has 0 aliphatic carbocycles. The van der Waals surface area contributed by atoms with Gasteiger partial charge in [-0.1, -0.05) is 24.3 Å². The van der Waals surface area contributed by atoms with Crippen LogP contribution in [0.5, 0.6) is 0 Å². The number of amides is 1. The predicted octanol–water partition coefficient (Wildman–Crippen LogP) is 3.01. The maximum Gasteiger partial charge on any atom is 0.227 e. The van der Waals surface area contributed by atoms with Crippen molar-refractivity contribution in [1.82, 2.24) is 4.98 Å². The summed E-state index contributed by atoms with van der Waals surface area (Å²) in [7, 11) is 0. The summed E-state index contributed by atoms with van der Waals surface area (Å²) in [4.78, 5) is 22.2. The van der Waals surface area contributed by atoms with Gasteiger partial charge in [0.25, 0.3) is 0 Å². The summed E-state index contributed by atoms with van der Waals surface area (Å²) in [5.74, 6) is 0.0751. The molecule has 130 valence electrons. The number of hydrogen-bond acceptors (Lipinski definition) is 3. The number of aliphatic imine (C=N–C) groups is 1. The fourth-order valence-electron chi connectivity index (χ4n) is 4.02. The number of carbonyl (C=O) groups excluding carboxylic acids is 1. The van der Waals surface area contributed by atoms with Gasteiger partial charge < -0.3 is 15.0 Å². The minimum absolute atomic E-state index is 0.00815. The molecule has 2 aromatic carbocycles. The topological polar surface area (TPSA) is 68.7 Å². The maximum absolute atomic E-state index is 12.3. The van der Waals surface area contributed by atoms with Crippen LogP contribution in [0.4, 0.5) is 5.69 Å². The van der Waals surface area contributed by atoms with Gasteiger partial charge in [0, 0.05) is 28.6 Å². The van der Waals surface area contributed by atoms with Crippen LogP contribution in [-0.4, -0.2) is 34.4 Å². The molecular formula is C21H19N3O2. The molecule has 0 spiro atoms. The molecule has 0 bridgehead atoms. The lowest BCUT2D eigenvalue weighted by Gasteiger charge is -2.24. The first-order valence-corrected chi connectivity index (χ1v) is 8.93. The highest BCUT2D eigenvalue weighted by molar-refractivity contribution is 6.16. The number of nitrogens with zero attached hydrogens (tertiary/aromatic N) is 2. The zero-order valence-electron chi connectivity index (χ0n) is 14.3. The number of aliphatic hydroxyl groups is 1. The molecular weight excluding hydrogens is 326 g/mol. The fourth-order valence-corrected chi connectivity index (χ4v) is 4.02. The molecule has 5 rings (SSSR count). The van der Waals surface area contributed by atoms with E-state index >= 15 is 0 Å². The summed E-state index contributed by atoms with van der Waals surface area (Å²) < 4.78 is 0. The molecule has 3 heterocycles. The highest BCUT2D eigenvalue weighted by atomic mass is 16.3. The first kappa shape index (κ1) is 15.3. The van der Waals surface area contributed by atoms with Crippen LogP contribution in [0.1, 0.15) is 29.7 Å². The third kappa shape index (κ3) is 2.28. The van der Waals surface area contributed by atoms with Crippen LogP contribution in [0.2, 0.25) is 0 Å². The molecule has 1 aromatic heterocycles. The molecule has 1 atom stereocenters. The van der Waals surface area contributed by atoms with Crippen molar-refractivity contribution in [3.8, 4) is 0 Å².